The highest BCUT2D eigenvalue weighted by Crippen LogP contribution is 2.39. The van der Waals surface area contributed by atoms with Gasteiger partial charge in [0.05, 0.1) is 5.52 Å². The van der Waals surface area contributed by atoms with Gasteiger partial charge in [0.25, 0.3) is 0 Å². The molecule has 1 aliphatic rings. The van der Waals surface area contributed by atoms with Crippen LogP contribution in [0.3, 0.4) is 0 Å². The molecule has 0 amide bonds. The largest absolute Gasteiger partial charge is 0.385 e. The minimum absolute atomic E-state index is 0.363. The fourth-order valence-corrected chi connectivity index (χ4v) is 3.79. The van der Waals surface area contributed by atoms with Crippen LogP contribution in [-0.2, 0) is 6.42 Å². The van der Waals surface area contributed by atoms with Gasteiger partial charge >= 0.3 is 0 Å². The number of H-pyrrole nitrogens is 1. The second kappa shape index (κ2) is 5.86. The molecule has 0 saturated carbocycles. The van der Waals surface area contributed by atoms with Gasteiger partial charge in [0, 0.05) is 34.4 Å². The number of anilines is 1. The van der Waals surface area contributed by atoms with Crippen LogP contribution in [0.1, 0.15) is 35.0 Å². The second-order valence-electron chi connectivity index (χ2n) is 6.79. The van der Waals surface area contributed by atoms with Crippen molar-refractivity contribution in [2.75, 3.05) is 11.9 Å². The molecule has 0 spiro atoms. The number of hydrogen-bond donors (Lipinski definition) is 4. The average Bonchev–Trinajstić information content (AvgIpc) is 2.89. The first-order valence-corrected chi connectivity index (χ1v) is 8.59. The van der Waals surface area contributed by atoms with E-state index in [9.17, 15) is 5.11 Å². The number of nitrogens with two attached hydrogens (primary N) is 1. The number of aromatic nitrogens is 1. The Hall–Kier alpha value is -2.37. The van der Waals surface area contributed by atoms with E-state index in [-0.39, 0.29) is 5.82 Å². The van der Waals surface area contributed by atoms with E-state index in [2.05, 4.69) is 16.4 Å². The van der Waals surface area contributed by atoms with Crippen molar-refractivity contribution in [3.63, 3.8) is 0 Å². The summed E-state index contributed by atoms with van der Waals surface area (Å²) in [4.78, 5) is 3.26. The van der Waals surface area contributed by atoms with E-state index in [1.165, 1.54) is 11.6 Å². The highest BCUT2D eigenvalue weighted by atomic mass is 19.1. The maximum atomic E-state index is 15.1. The van der Waals surface area contributed by atoms with Crippen LogP contribution < -0.4 is 11.1 Å². The number of benzene rings is 2. The Morgan fingerprint density at radius 3 is 2.80 bits per heavy atom. The minimum Gasteiger partial charge on any atom is -0.385 e. The Bertz CT molecular complexity index is 975. The third-order valence-corrected chi connectivity index (χ3v) is 5.21. The summed E-state index contributed by atoms with van der Waals surface area (Å²) in [6, 6.07) is 7.39. The summed E-state index contributed by atoms with van der Waals surface area (Å²) in [7, 11) is 0. The quantitative estimate of drug-likeness (QED) is 0.535. The SMILES string of the molecule is Cc1[nH]c2c(C(N)O)cc(F)c(-c3ccc4c(c3)CCCN4)c2c1C. The van der Waals surface area contributed by atoms with Gasteiger partial charge in [-0.25, -0.2) is 4.39 Å². The Morgan fingerprint density at radius 2 is 2.04 bits per heavy atom. The molecule has 2 heterocycles. The van der Waals surface area contributed by atoms with E-state index in [4.69, 9.17) is 5.73 Å². The molecule has 0 radical (unpaired) electrons. The van der Waals surface area contributed by atoms with E-state index in [1.807, 2.05) is 26.0 Å². The van der Waals surface area contributed by atoms with E-state index < -0.39 is 6.23 Å². The van der Waals surface area contributed by atoms with E-state index in [0.29, 0.717) is 16.6 Å². The molecule has 5 heteroatoms. The Balaban J connectivity index is 2.02. The number of aromatic amines is 1. The molecule has 2 aromatic carbocycles. The highest BCUT2D eigenvalue weighted by molar-refractivity contribution is 6.00. The summed E-state index contributed by atoms with van der Waals surface area (Å²) in [5.74, 6) is -0.363. The molecule has 3 aromatic rings. The third-order valence-electron chi connectivity index (χ3n) is 5.21. The molecule has 0 saturated heterocycles. The minimum atomic E-state index is -1.23. The van der Waals surface area contributed by atoms with Gasteiger partial charge in [-0.05, 0) is 61.6 Å². The Kier molecular flexibility index (Phi) is 3.78. The lowest BCUT2D eigenvalue weighted by molar-refractivity contribution is 0.187. The van der Waals surface area contributed by atoms with Gasteiger partial charge in [-0.3, -0.25) is 0 Å². The molecule has 0 fully saturated rings. The topological polar surface area (TPSA) is 74.1 Å². The van der Waals surface area contributed by atoms with Crippen LogP contribution in [0.15, 0.2) is 24.3 Å². The van der Waals surface area contributed by atoms with E-state index in [0.717, 1.165) is 47.3 Å². The van der Waals surface area contributed by atoms with Crippen LogP contribution in [-0.4, -0.2) is 16.6 Å². The molecule has 0 aliphatic carbocycles. The highest BCUT2D eigenvalue weighted by Gasteiger charge is 2.21. The van der Waals surface area contributed by atoms with E-state index >= 15 is 4.39 Å². The normalized spacial score (nSPS) is 15.1. The van der Waals surface area contributed by atoms with Crippen molar-refractivity contribution in [3.8, 4) is 11.1 Å². The number of aryl methyl sites for hydroxylation is 3. The molecule has 0 bridgehead atoms. The lowest BCUT2D eigenvalue weighted by Crippen LogP contribution is -2.12. The summed E-state index contributed by atoms with van der Waals surface area (Å²) < 4.78 is 15.1. The third kappa shape index (κ3) is 2.51. The zero-order valence-corrected chi connectivity index (χ0v) is 14.4. The number of fused-ring (bicyclic) bond motifs is 2. The van der Waals surface area contributed by atoms with Gasteiger partial charge in [0.1, 0.15) is 12.0 Å². The number of halogens is 1. The van der Waals surface area contributed by atoms with Crippen LogP contribution in [0.4, 0.5) is 10.1 Å². The zero-order chi connectivity index (χ0) is 17.7. The van der Waals surface area contributed by atoms with Crippen molar-refractivity contribution < 1.29 is 9.50 Å². The fraction of sp³-hybridized carbons (Fsp3) is 0.300. The molecule has 130 valence electrons. The predicted octanol–water partition coefficient (Wildman–Crippen LogP) is 3.90. The van der Waals surface area contributed by atoms with Crippen LogP contribution in [0, 0.1) is 19.7 Å². The van der Waals surface area contributed by atoms with Crippen molar-refractivity contribution in [1.29, 1.82) is 0 Å². The first kappa shape index (κ1) is 16.1. The Morgan fingerprint density at radius 1 is 1.24 bits per heavy atom. The summed E-state index contributed by atoms with van der Waals surface area (Å²) in [6.45, 7) is 4.88. The monoisotopic (exact) mass is 339 g/mol. The van der Waals surface area contributed by atoms with Crippen LogP contribution in [0.5, 0.6) is 0 Å². The standard InChI is InChI=1S/C20H22FN3O/c1-10-11(2)24-19-14(20(22)25)9-15(21)18(17(10)19)13-5-6-16-12(8-13)4-3-7-23-16/h5-6,8-9,20,23-25H,3-4,7,22H2,1-2H3. The first-order chi connectivity index (χ1) is 12.0. The molecule has 5 N–H and O–H groups in total. The molecule has 1 aromatic heterocycles. The molecular formula is C20H22FN3O. The number of hydrogen-bond acceptors (Lipinski definition) is 3. The molecule has 1 atom stereocenters. The van der Waals surface area contributed by atoms with Crippen LogP contribution in [0.2, 0.25) is 0 Å². The van der Waals surface area contributed by atoms with Crippen molar-refractivity contribution >= 4 is 16.6 Å². The van der Waals surface area contributed by atoms with Gasteiger partial charge in [0.15, 0.2) is 0 Å². The van der Waals surface area contributed by atoms with Gasteiger partial charge in [0.2, 0.25) is 0 Å². The molecule has 4 rings (SSSR count). The van der Waals surface area contributed by atoms with Crippen molar-refractivity contribution in [1.82, 2.24) is 4.98 Å². The number of nitrogens with one attached hydrogen (secondary N) is 2. The summed E-state index contributed by atoms with van der Waals surface area (Å²) in [6.07, 6.45) is 0.844. The van der Waals surface area contributed by atoms with Crippen LogP contribution in [0.25, 0.3) is 22.0 Å². The maximum absolute atomic E-state index is 15.1. The van der Waals surface area contributed by atoms with Gasteiger partial charge in [-0.15, -0.1) is 0 Å². The summed E-state index contributed by atoms with van der Waals surface area (Å²) in [5.41, 5.74) is 12.4. The van der Waals surface area contributed by atoms with Crippen molar-refractivity contribution in [2.24, 2.45) is 5.73 Å². The molecule has 1 aliphatic heterocycles. The van der Waals surface area contributed by atoms with Gasteiger partial charge in [-0.2, -0.15) is 0 Å². The van der Waals surface area contributed by atoms with Gasteiger partial charge < -0.3 is 21.1 Å². The maximum Gasteiger partial charge on any atom is 0.132 e. The number of aliphatic hydroxyl groups is 1. The zero-order valence-electron chi connectivity index (χ0n) is 14.4. The van der Waals surface area contributed by atoms with Gasteiger partial charge in [-0.1, -0.05) is 6.07 Å². The van der Waals surface area contributed by atoms with Crippen LogP contribution >= 0.6 is 0 Å². The number of aliphatic hydroxyl groups excluding tert-OH is 1. The lowest BCUT2D eigenvalue weighted by Gasteiger charge is -2.19. The lowest BCUT2D eigenvalue weighted by atomic mass is 9.92. The molecule has 1 unspecified atom stereocenters. The number of rotatable bonds is 2. The first-order valence-electron chi connectivity index (χ1n) is 8.59. The van der Waals surface area contributed by atoms with Crippen molar-refractivity contribution in [3.05, 3.63) is 52.5 Å². The molecule has 25 heavy (non-hydrogen) atoms. The molecule has 4 nitrogen and oxygen atoms in total. The fourth-order valence-electron chi connectivity index (χ4n) is 3.79. The average molecular weight is 339 g/mol. The predicted molar refractivity (Wildman–Crippen MR) is 99.1 cm³/mol. The Labute approximate surface area is 145 Å². The summed E-state index contributed by atoms with van der Waals surface area (Å²) in [5, 5.41) is 14.0. The second-order valence-corrected chi connectivity index (χ2v) is 6.79. The molecular weight excluding hydrogens is 317 g/mol. The summed E-state index contributed by atoms with van der Waals surface area (Å²) >= 11 is 0. The van der Waals surface area contributed by atoms with E-state index in [1.54, 1.807) is 0 Å². The smallest absolute Gasteiger partial charge is 0.132 e. The van der Waals surface area contributed by atoms with Crippen molar-refractivity contribution in [2.45, 2.75) is 32.9 Å².